The number of ether oxygens (including phenoxy) is 1. The summed E-state index contributed by atoms with van der Waals surface area (Å²) in [5.41, 5.74) is 8.58. The first-order valence-corrected chi connectivity index (χ1v) is 7.72. The Bertz CT molecular complexity index is 740. The summed E-state index contributed by atoms with van der Waals surface area (Å²) in [6.45, 7) is 3.63. The average Bonchev–Trinajstić information content (AvgIpc) is 2.57. The van der Waals surface area contributed by atoms with Crippen LogP contribution in [-0.2, 0) is 17.6 Å². The SMILES string of the molecule is C=C1NC(=O)NC(C(=O)N[C@@H]2CCc3cccc(OC)c3C2)=C1N. The van der Waals surface area contributed by atoms with E-state index in [2.05, 4.69) is 28.6 Å². The molecule has 0 bridgehead atoms. The molecule has 5 N–H and O–H groups in total. The van der Waals surface area contributed by atoms with Crippen LogP contribution in [0.15, 0.2) is 41.9 Å². The first-order chi connectivity index (χ1) is 11.5. The van der Waals surface area contributed by atoms with E-state index in [9.17, 15) is 9.59 Å². The smallest absolute Gasteiger partial charge is 0.323 e. The molecule has 0 spiro atoms. The van der Waals surface area contributed by atoms with Crippen molar-refractivity contribution in [3.63, 3.8) is 0 Å². The normalized spacial score (nSPS) is 20.0. The zero-order valence-electron chi connectivity index (χ0n) is 13.4. The van der Waals surface area contributed by atoms with Crippen LogP contribution < -0.4 is 26.4 Å². The van der Waals surface area contributed by atoms with Gasteiger partial charge in [-0.3, -0.25) is 4.79 Å². The molecule has 0 saturated heterocycles. The summed E-state index contributed by atoms with van der Waals surface area (Å²) in [6.07, 6.45) is 2.34. The maximum absolute atomic E-state index is 12.5. The third-order valence-electron chi connectivity index (χ3n) is 4.32. The summed E-state index contributed by atoms with van der Waals surface area (Å²) in [7, 11) is 1.64. The Kier molecular flexibility index (Phi) is 4.16. The molecule has 0 radical (unpaired) electrons. The number of rotatable bonds is 3. The third kappa shape index (κ3) is 2.92. The Morgan fingerprint density at radius 3 is 2.96 bits per heavy atom. The Labute approximate surface area is 139 Å². The molecule has 0 fully saturated rings. The maximum Gasteiger partial charge on any atom is 0.323 e. The molecule has 3 amide bonds. The fourth-order valence-electron chi connectivity index (χ4n) is 3.07. The molecule has 7 nitrogen and oxygen atoms in total. The highest BCUT2D eigenvalue weighted by molar-refractivity contribution is 6.00. The molecule has 3 rings (SSSR count). The van der Waals surface area contributed by atoms with Crippen molar-refractivity contribution in [1.29, 1.82) is 0 Å². The minimum Gasteiger partial charge on any atom is -0.496 e. The molecule has 1 aliphatic heterocycles. The number of methoxy groups -OCH3 is 1. The van der Waals surface area contributed by atoms with E-state index in [0.717, 1.165) is 24.2 Å². The van der Waals surface area contributed by atoms with Crippen LogP contribution in [0.5, 0.6) is 5.75 Å². The van der Waals surface area contributed by atoms with Crippen molar-refractivity contribution in [3.8, 4) is 5.75 Å². The van der Waals surface area contributed by atoms with Gasteiger partial charge in [0.2, 0.25) is 0 Å². The number of carbonyl (C=O) groups is 2. The van der Waals surface area contributed by atoms with Crippen LogP contribution in [0.25, 0.3) is 0 Å². The van der Waals surface area contributed by atoms with Crippen LogP contribution >= 0.6 is 0 Å². The van der Waals surface area contributed by atoms with E-state index in [4.69, 9.17) is 10.5 Å². The summed E-state index contributed by atoms with van der Waals surface area (Å²) >= 11 is 0. The Morgan fingerprint density at radius 2 is 2.21 bits per heavy atom. The number of fused-ring (bicyclic) bond motifs is 1. The van der Waals surface area contributed by atoms with Gasteiger partial charge in [0.25, 0.3) is 5.91 Å². The molecule has 7 heteroatoms. The van der Waals surface area contributed by atoms with Gasteiger partial charge in [-0.1, -0.05) is 18.7 Å². The number of nitrogens with two attached hydrogens (primary N) is 1. The van der Waals surface area contributed by atoms with Gasteiger partial charge in [0.1, 0.15) is 11.4 Å². The van der Waals surface area contributed by atoms with Crippen LogP contribution in [0, 0.1) is 0 Å². The zero-order chi connectivity index (χ0) is 17.3. The van der Waals surface area contributed by atoms with Crippen molar-refractivity contribution < 1.29 is 14.3 Å². The predicted molar refractivity (Wildman–Crippen MR) is 89.0 cm³/mol. The van der Waals surface area contributed by atoms with E-state index in [1.807, 2.05) is 12.1 Å². The summed E-state index contributed by atoms with van der Waals surface area (Å²) < 4.78 is 5.41. The summed E-state index contributed by atoms with van der Waals surface area (Å²) in [5.74, 6) is 0.417. The Balaban J connectivity index is 1.75. The van der Waals surface area contributed by atoms with E-state index < -0.39 is 11.9 Å². The van der Waals surface area contributed by atoms with Gasteiger partial charge in [-0.05, 0) is 36.5 Å². The molecular weight excluding hydrogens is 308 g/mol. The van der Waals surface area contributed by atoms with Gasteiger partial charge < -0.3 is 26.4 Å². The first-order valence-electron chi connectivity index (χ1n) is 7.72. The zero-order valence-corrected chi connectivity index (χ0v) is 13.4. The second kappa shape index (κ2) is 6.27. The van der Waals surface area contributed by atoms with Gasteiger partial charge in [-0.2, -0.15) is 0 Å². The highest BCUT2D eigenvalue weighted by atomic mass is 16.5. The molecule has 0 saturated carbocycles. The standard InChI is InChI=1S/C17H20N4O3/c1-9-14(18)15(21-17(23)19-9)16(22)20-11-7-6-10-4-3-5-13(24-2)12(10)8-11/h3-5,11H,1,6-8,18H2,2H3,(H,20,22)(H2,19,21,23)/t11-/m1/s1. The largest absolute Gasteiger partial charge is 0.496 e. The molecule has 1 aliphatic carbocycles. The van der Waals surface area contributed by atoms with Crippen molar-refractivity contribution >= 4 is 11.9 Å². The quantitative estimate of drug-likeness (QED) is 0.654. The van der Waals surface area contributed by atoms with Crippen molar-refractivity contribution in [1.82, 2.24) is 16.0 Å². The van der Waals surface area contributed by atoms with Gasteiger partial charge in [0.15, 0.2) is 0 Å². The Morgan fingerprint density at radius 1 is 1.42 bits per heavy atom. The summed E-state index contributed by atoms with van der Waals surface area (Å²) in [5, 5.41) is 7.79. The molecule has 126 valence electrons. The van der Waals surface area contributed by atoms with Crippen LogP contribution in [0.1, 0.15) is 17.5 Å². The first kappa shape index (κ1) is 15.9. The number of hydrogen-bond acceptors (Lipinski definition) is 4. The van der Waals surface area contributed by atoms with Crippen LogP contribution in [0.3, 0.4) is 0 Å². The number of nitrogens with one attached hydrogen (secondary N) is 3. The lowest BCUT2D eigenvalue weighted by Crippen LogP contribution is -2.49. The molecule has 0 unspecified atom stereocenters. The monoisotopic (exact) mass is 328 g/mol. The lowest BCUT2D eigenvalue weighted by Gasteiger charge is -2.28. The van der Waals surface area contributed by atoms with Gasteiger partial charge >= 0.3 is 6.03 Å². The number of carbonyl (C=O) groups excluding carboxylic acids is 2. The molecular formula is C17H20N4O3. The molecule has 1 aromatic rings. The fraction of sp³-hybridized carbons (Fsp3) is 0.294. The summed E-state index contributed by atoms with van der Waals surface area (Å²) in [6, 6.07) is 5.39. The predicted octanol–water partition coefficient (Wildman–Crippen LogP) is 0.665. The van der Waals surface area contributed by atoms with E-state index in [-0.39, 0.29) is 23.1 Å². The topological polar surface area (TPSA) is 105 Å². The van der Waals surface area contributed by atoms with Crippen molar-refractivity contribution in [2.24, 2.45) is 5.73 Å². The van der Waals surface area contributed by atoms with Crippen molar-refractivity contribution in [3.05, 3.63) is 53.0 Å². The average molecular weight is 328 g/mol. The Hall–Kier alpha value is -2.96. The molecule has 1 aromatic carbocycles. The maximum atomic E-state index is 12.5. The van der Waals surface area contributed by atoms with E-state index >= 15 is 0 Å². The second-order valence-electron chi connectivity index (χ2n) is 5.86. The number of amides is 3. The van der Waals surface area contributed by atoms with Crippen LogP contribution in [-0.4, -0.2) is 25.1 Å². The van der Waals surface area contributed by atoms with E-state index in [0.29, 0.717) is 6.42 Å². The lowest BCUT2D eigenvalue weighted by atomic mass is 9.87. The third-order valence-corrected chi connectivity index (χ3v) is 4.32. The number of hydrogen-bond donors (Lipinski definition) is 4. The van der Waals surface area contributed by atoms with E-state index in [1.165, 1.54) is 5.56 Å². The molecule has 1 heterocycles. The van der Waals surface area contributed by atoms with Crippen LogP contribution in [0.2, 0.25) is 0 Å². The number of urea groups is 1. The van der Waals surface area contributed by atoms with Gasteiger partial charge in [0, 0.05) is 6.04 Å². The van der Waals surface area contributed by atoms with Gasteiger partial charge in [-0.15, -0.1) is 0 Å². The van der Waals surface area contributed by atoms with Crippen molar-refractivity contribution in [2.45, 2.75) is 25.3 Å². The molecule has 24 heavy (non-hydrogen) atoms. The minimum atomic E-state index is -0.519. The van der Waals surface area contributed by atoms with Gasteiger partial charge in [-0.25, -0.2) is 4.79 Å². The number of benzene rings is 1. The second-order valence-corrected chi connectivity index (χ2v) is 5.86. The summed E-state index contributed by atoms with van der Waals surface area (Å²) in [4.78, 5) is 24.0. The highest BCUT2D eigenvalue weighted by Gasteiger charge is 2.28. The molecule has 2 aliphatic rings. The molecule has 0 aromatic heterocycles. The van der Waals surface area contributed by atoms with Gasteiger partial charge in [0.05, 0.1) is 18.5 Å². The van der Waals surface area contributed by atoms with Crippen molar-refractivity contribution in [2.75, 3.05) is 7.11 Å². The highest BCUT2D eigenvalue weighted by Crippen LogP contribution is 2.29. The molecule has 1 atom stereocenters. The van der Waals surface area contributed by atoms with E-state index in [1.54, 1.807) is 7.11 Å². The fourth-order valence-corrected chi connectivity index (χ4v) is 3.07. The van der Waals surface area contributed by atoms with Crippen LogP contribution in [0.4, 0.5) is 4.79 Å². The number of aryl methyl sites for hydroxylation is 1. The minimum absolute atomic E-state index is 0.0366. The lowest BCUT2D eigenvalue weighted by molar-refractivity contribution is -0.118.